The topological polar surface area (TPSA) is 104 Å². The van der Waals surface area contributed by atoms with Crippen molar-refractivity contribution in [3.8, 4) is 0 Å². The number of rotatable bonds is 5. The minimum atomic E-state index is -1.34. The van der Waals surface area contributed by atoms with Crippen molar-refractivity contribution in [2.75, 3.05) is 5.75 Å². The highest BCUT2D eigenvalue weighted by Crippen LogP contribution is 2.26. The van der Waals surface area contributed by atoms with E-state index in [-0.39, 0.29) is 11.2 Å². The lowest BCUT2D eigenvalue weighted by atomic mass is 10.2. The molecule has 1 fully saturated rings. The van der Waals surface area contributed by atoms with Crippen LogP contribution in [0.5, 0.6) is 0 Å². The number of nitrogens with one attached hydrogen (secondary N) is 1. The van der Waals surface area contributed by atoms with Crippen LogP contribution in [0.25, 0.3) is 0 Å². The molecule has 0 aromatic heterocycles. The minimum Gasteiger partial charge on any atom is -0.481 e. The van der Waals surface area contributed by atoms with E-state index in [2.05, 4.69) is 5.32 Å². The smallest absolute Gasteiger partial charge is 0.326 e. The maximum absolute atomic E-state index is 11.6. The summed E-state index contributed by atoms with van der Waals surface area (Å²) in [4.78, 5) is 32.7. The first kappa shape index (κ1) is 12.8. The normalized spacial score (nSPS) is 21.4. The molecule has 3 N–H and O–H groups in total. The Kier molecular flexibility index (Phi) is 4.60. The first-order valence-electron chi connectivity index (χ1n) is 4.87. The van der Waals surface area contributed by atoms with Crippen molar-refractivity contribution in [1.29, 1.82) is 0 Å². The van der Waals surface area contributed by atoms with Gasteiger partial charge in [0.15, 0.2) is 0 Å². The highest BCUT2D eigenvalue weighted by Gasteiger charge is 2.29. The number of amides is 1. The molecule has 6 nitrogen and oxygen atoms in total. The Balaban J connectivity index is 2.50. The highest BCUT2D eigenvalue weighted by molar-refractivity contribution is 8.00. The summed E-state index contributed by atoms with van der Waals surface area (Å²) < 4.78 is 0. The van der Waals surface area contributed by atoms with Gasteiger partial charge < -0.3 is 15.5 Å². The molecule has 1 amide bonds. The predicted molar refractivity (Wildman–Crippen MR) is 57.3 cm³/mol. The van der Waals surface area contributed by atoms with Crippen molar-refractivity contribution in [2.24, 2.45) is 0 Å². The minimum absolute atomic E-state index is 0.240. The molecule has 0 spiro atoms. The molecule has 0 aliphatic carbocycles. The second-order valence-corrected chi connectivity index (χ2v) is 4.81. The fraction of sp³-hybridized carbons (Fsp3) is 0.667. The van der Waals surface area contributed by atoms with Crippen LogP contribution in [0.1, 0.15) is 19.3 Å². The summed E-state index contributed by atoms with van der Waals surface area (Å²) in [6.07, 6.45) is 1.05. The highest BCUT2D eigenvalue weighted by atomic mass is 32.2. The van der Waals surface area contributed by atoms with Gasteiger partial charge in [-0.15, -0.1) is 11.8 Å². The zero-order chi connectivity index (χ0) is 12.1. The summed E-state index contributed by atoms with van der Waals surface area (Å²) in [6.45, 7) is 0. The van der Waals surface area contributed by atoms with Crippen LogP contribution < -0.4 is 5.32 Å². The molecule has 0 saturated carbocycles. The van der Waals surface area contributed by atoms with Crippen molar-refractivity contribution in [1.82, 2.24) is 5.32 Å². The molecular weight excluding hydrogens is 234 g/mol. The van der Waals surface area contributed by atoms with Gasteiger partial charge in [-0.2, -0.15) is 0 Å². The molecule has 2 atom stereocenters. The van der Waals surface area contributed by atoms with Crippen LogP contribution in [0, 0.1) is 0 Å². The lowest BCUT2D eigenvalue weighted by molar-refractivity contribution is -0.147. The molecule has 1 saturated heterocycles. The molecule has 90 valence electrons. The van der Waals surface area contributed by atoms with E-state index in [1.807, 2.05) is 0 Å². The molecule has 1 aliphatic heterocycles. The molecule has 1 heterocycles. The Labute approximate surface area is 96.4 Å². The molecular formula is C9H13NO5S. The Morgan fingerprint density at radius 1 is 1.38 bits per heavy atom. The molecule has 0 radical (unpaired) electrons. The van der Waals surface area contributed by atoms with Gasteiger partial charge in [-0.05, 0) is 18.6 Å². The van der Waals surface area contributed by atoms with Crippen LogP contribution in [-0.2, 0) is 14.4 Å². The Morgan fingerprint density at radius 2 is 2.06 bits per heavy atom. The first-order valence-corrected chi connectivity index (χ1v) is 5.92. The van der Waals surface area contributed by atoms with E-state index >= 15 is 0 Å². The van der Waals surface area contributed by atoms with Crippen LogP contribution in [0.2, 0.25) is 0 Å². The summed E-state index contributed by atoms with van der Waals surface area (Å²) in [5, 5.41) is 19.2. The van der Waals surface area contributed by atoms with E-state index in [0.29, 0.717) is 0 Å². The summed E-state index contributed by atoms with van der Waals surface area (Å²) in [6, 6.07) is -1.34. The van der Waals surface area contributed by atoms with E-state index in [4.69, 9.17) is 10.2 Å². The Morgan fingerprint density at radius 3 is 2.50 bits per heavy atom. The average Bonchev–Trinajstić information content (AvgIpc) is 2.68. The van der Waals surface area contributed by atoms with E-state index in [9.17, 15) is 14.4 Å². The van der Waals surface area contributed by atoms with Gasteiger partial charge in [0.05, 0.1) is 11.7 Å². The molecule has 0 aromatic rings. The largest absolute Gasteiger partial charge is 0.481 e. The number of hydrogen-bond donors (Lipinski definition) is 3. The van der Waals surface area contributed by atoms with Gasteiger partial charge in [-0.1, -0.05) is 0 Å². The molecule has 1 unspecified atom stereocenters. The van der Waals surface area contributed by atoms with Crippen molar-refractivity contribution >= 4 is 29.6 Å². The van der Waals surface area contributed by atoms with E-state index in [1.54, 1.807) is 0 Å². The fourth-order valence-electron chi connectivity index (χ4n) is 1.42. The fourth-order valence-corrected chi connectivity index (χ4v) is 2.59. The van der Waals surface area contributed by atoms with Gasteiger partial charge in [0.25, 0.3) is 0 Å². The molecule has 7 heteroatoms. The van der Waals surface area contributed by atoms with Crippen LogP contribution in [-0.4, -0.2) is 45.1 Å². The van der Waals surface area contributed by atoms with Crippen LogP contribution in [0.4, 0.5) is 0 Å². The second kappa shape index (κ2) is 5.74. The first-order chi connectivity index (χ1) is 7.50. The summed E-state index contributed by atoms with van der Waals surface area (Å²) in [5.74, 6) is -2.06. The van der Waals surface area contributed by atoms with Crippen molar-refractivity contribution in [3.05, 3.63) is 0 Å². The number of hydrogen-bond acceptors (Lipinski definition) is 4. The van der Waals surface area contributed by atoms with E-state index in [1.165, 1.54) is 11.8 Å². The zero-order valence-electron chi connectivity index (χ0n) is 8.51. The zero-order valence-corrected chi connectivity index (χ0v) is 9.33. The van der Waals surface area contributed by atoms with Gasteiger partial charge in [0.2, 0.25) is 5.91 Å². The number of aliphatic carboxylic acids is 2. The third-order valence-corrected chi connectivity index (χ3v) is 3.59. The number of carbonyl (C=O) groups excluding carboxylic acids is 1. The van der Waals surface area contributed by atoms with Gasteiger partial charge >= 0.3 is 11.9 Å². The molecule has 1 aliphatic rings. The lowest BCUT2D eigenvalue weighted by Crippen LogP contribution is -2.45. The van der Waals surface area contributed by atoms with Crippen molar-refractivity contribution in [3.63, 3.8) is 0 Å². The number of carboxylic acids is 2. The average molecular weight is 247 g/mol. The number of carbonyl (C=O) groups is 3. The molecule has 0 aromatic carbocycles. The summed E-state index contributed by atoms with van der Waals surface area (Å²) >= 11 is 1.47. The van der Waals surface area contributed by atoms with Gasteiger partial charge in [-0.25, -0.2) is 4.79 Å². The van der Waals surface area contributed by atoms with Crippen LogP contribution >= 0.6 is 11.8 Å². The number of thioether (sulfide) groups is 1. The standard InChI is InChI=1S/C9H13NO5S/c11-7(12)4-5(9(14)15)10-8(13)6-2-1-3-16-6/h5-6H,1-4H2,(H,10,13)(H,11,12)(H,14,15)/t5-,6?/m1/s1. The monoisotopic (exact) mass is 247 g/mol. The van der Waals surface area contributed by atoms with E-state index < -0.39 is 24.4 Å². The van der Waals surface area contributed by atoms with E-state index in [0.717, 1.165) is 18.6 Å². The van der Waals surface area contributed by atoms with Crippen LogP contribution in [0.15, 0.2) is 0 Å². The molecule has 16 heavy (non-hydrogen) atoms. The lowest BCUT2D eigenvalue weighted by Gasteiger charge is -2.15. The maximum atomic E-state index is 11.6. The van der Waals surface area contributed by atoms with Gasteiger partial charge in [-0.3, -0.25) is 9.59 Å². The number of carboxylic acid groups (broad SMARTS) is 2. The third kappa shape index (κ3) is 3.73. The predicted octanol–water partition coefficient (Wildman–Crippen LogP) is -0.0739. The van der Waals surface area contributed by atoms with Gasteiger partial charge in [0.1, 0.15) is 6.04 Å². The Hall–Kier alpha value is -1.24. The third-order valence-electron chi connectivity index (χ3n) is 2.22. The molecule has 0 bridgehead atoms. The summed E-state index contributed by atoms with van der Waals surface area (Å²) in [5.41, 5.74) is 0. The second-order valence-electron chi connectivity index (χ2n) is 3.50. The Bertz CT molecular complexity index is 300. The van der Waals surface area contributed by atoms with Crippen molar-refractivity contribution < 1.29 is 24.6 Å². The maximum Gasteiger partial charge on any atom is 0.326 e. The summed E-state index contributed by atoms with van der Waals surface area (Å²) in [7, 11) is 0. The quantitative estimate of drug-likeness (QED) is 0.628. The van der Waals surface area contributed by atoms with Crippen molar-refractivity contribution in [2.45, 2.75) is 30.6 Å². The SMILES string of the molecule is O=C(O)C[C@@H](NC(=O)C1CCCS1)C(=O)O. The molecule has 1 rings (SSSR count). The van der Waals surface area contributed by atoms with Crippen LogP contribution in [0.3, 0.4) is 0 Å². The van der Waals surface area contributed by atoms with Gasteiger partial charge in [0, 0.05) is 0 Å².